The van der Waals surface area contributed by atoms with Crippen LogP contribution < -0.4 is 5.48 Å². The van der Waals surface area contributed by atoms with Gasteiger partial charge in [0.1, 0.15) is 0 Å². The Kier molecular flexibility index (Phi) is 8.94. The van der Waals surface area contributed by atoms with Crippen molar-refractivity contribution >= 4 is 0 Å². The zero-order valence-corrected chi connectivity index (χ0v) is 9.91. The molecule has 0 fully saturated rings. The molecule has 0 spiro atoms. The maximum Gasteiger partial charge on any atom is 0.0812 e. The van der Waals surface area contributed by atoms with Crippen molar-refractivity contribution in [3.8, 4) is 0 Å². The fraction of sp³-hybridized carbons (Fsp3) is 1.00. The van der Waals surface area contributed by atoms with Gasteiger partial charge in [-0.1, -0.05) is 0 Å². The van der Waals surface area contributed by atoms with Gasteiger partial charge in [0.15, 0.2) is 0 Å². The number of ether oxygens (including phenoxy) is 2. The predicted molar refractivity (Wildman–Crippen MR) is 57.6 cm³/mol. The average molecular weight is 221 g/mol. The Bertz CT molecular complexity index is 136. The Labute approximate surface area is 91.7 Å². The van der Waals surface area contributed by atoms with Gasteiger partial charge in [-0.15, -0.1) is 0 Å². The van der Waals surface area contributed by atoms with Gasteiger partial charge in [-0.05, 0) is 20.8 Å². The highest BCUT2D eigenvalue weighted by Gasteiger charge is 2.09. The van der Waals surface area contributed by atoms with E-state index in [1.54, 1.807) is 0 Å². The first kappa shape index (κ1) is 14.8. The van der Waals surface area contributed by atoms with Crippen LogP contribution in [-0.4, -0.2) is 50.3 Å². The highest BCUT2D eigenvalue weighted by atomic mass is 16.7. The summed E-state index contributed by atoms with van der Waals surface area (Å²) in [5.74, 6) is 0. The molecule has 0 unspecified atom stereocenters. The third-order valence-corrected chi connectivity index (χ3v) is 1.33. The lowest BCUT2D eigenvalue weighted by Gasteiger charge is -2.19. The van der Waals surface area contributed by atoms with Crippen LogP contribution in [-0.2, 0) is 14.3 Å². The number of hydroxylamine groups is 1. The summed E-state index contributed by atoms with van der Waals surface area (Å²) < 4.78 is 10.3. The van der Waals surface area contributed by atoms with Crippen molar-refractivity contribution < 1.29 is 19.4 Å². The molecule has 0 aliphatic heterocycles. The average Bonchev–Trinajstić information content (AvgIpc) is 2.14. The zero-order chi connectivity index (χ0) is 11.6. The quantitative estimate of drug-likeness (QED) is 0.434. The summed E-state index contributed by atoms with van der Waals surface area (Å²) in [6, 6.07) is 0. The maximum absolute atomic E-state index is 8.42. The van der Waals surface area contributed by atoms with Crippen molar-refractivity contribution in [2.24, 2.45) is 0 Å². The Morgan fingerprint density at radius 1 is 1.00 bits per heavy atom. The van der Waals surface area contributed by atoms with Gasteiger partial charge < -0.3 is 14.6 Å². The van der Waals surface area contributed by atoms with Gasteiger partial charge in [-0.2, -0.15) is 5.48 Å². The molecule has 2 N–H and O–H groups in total. The fourth-order valence-electron chi connectivity index (χ4n) is 0.768. The van der Waals surface area contributed by atoms with Gasteiger partial charge in [-0.3, -0.25) is 4.84 Å². The number of aliphatic hydroxyl groups is 1. The van der Waals surface area contributed by atoms with Crippen molar-refractivity contribution in [2.75, 3.05) is 39.6 Å². The van der Waals surface area contributed by atoms with Crippen LogP contribution >= 0.6 is 0 Å². The van der Waals surface area contributed by atoms with Gasteiger partial charge in [0.2, 0.25) is 0 Å². The molecule has 0 aromatic heterocycles. The maximum atomic E-state index is 8.42. The van der Waals surface area contributed by atoms with E-state index in [0.29, 0.717) is 33.0 Å². The number of hydrogen-bond acceptors (Lipinski definition) is 5. The van der Waals surface area contributed by atoms with Gasteiger partial charge in [0, 0.05) is 6.54 Å². The first-order valence-corrected chi connectivity index (χ1v) is 5.23. The molecule has 0 atom stereocenters. The molecule has 0 amide bonds. The second kappa shape index (κ2) is 9.06. The topological polar surface area (TPSA) is 60.0 Å². The number of rotatable bonds is 9. The van der Waals surface area contributed by atoms with E-state index in [0.717, 1.165) is 0 Å². The highest BCUT2D eigenvalue weighted by Crippen LogP contribution is 2.02. The molecule has 0 rings (SSSR count). The molecule has 92 valence electrons. The van der Waals surface area contributed by atoms with Crippen LogP contribution in [0.5, 0.6) is 0 Å². The summed E-state index contributed by atoms with van der Waals surface area (Å²) in [7, 11) is 0. The summed E-state index contributed by atoms with van der Waals surface area (Å²) in [5.41, 5.74) is 2.65. The van der Waals surface area contributed by atoms with Gasteiger partial charge in [0.25, 0.3) is 0 Å². The molecular formula is C10H23NO4. The SMILES string of the molecule is CC(C)(C)ONCCOCCOCCO. The molecular weight excluding hydrogens is 198 g/mol. The molecule has 0 heterocycles. The van der Waals surface area contributed by atoms with E-state index in [1.165, 1.54) is 0 Å². The smallest absolute Gasteiger partial charge is 0.0812 e. The molecule has 0 aliphatic carbocycles. The van der Waals surface area contributed by atoms with E-state index in [2.05, 4.69) is 5.48 Å². The molecule has 0 aromatic carbocycles. The third-order valence-electron chi connectivity index (χ3n) is 1.33. The van der Waals surface area contributed by atoms with Crippen LogP contribution in [0.3, 0.4) is 0 Å². The Morgan fingerprint density at radius 3 is 2.13 bits per heavy atom. The summed E-state index contributed by atoms with van der Waals surface area (Å²) in [6.45, 7) is 8.64. The number of aliphatic hydroxyl groups excluding tert-OH is 1. The molecule has 0 saturated carbocycles. The van der Waals surface area contributed by atoms with Crippen LogP contribution in [0.25, 0.3) is 0 Å². The van der Waals surface area contributed by atoms with E-state index >= 15 is 0 Å². The highest BCUT2D eigenvalue weighted by molar-refractivity contribution is 4.56. The fourth-order valence-corrected chi connectivity index (χ4v) is 0.768. The third kappa shape index (κ3) is 13.8. The minimum absolute atomic E-state index is 0.0565. The van der Waals surface area contributed by atoms with Gasteiger partial charge in [0.05, 0.1) is 38.6 Å². The lowest BCUT2D eigenvalue weighted by Crippen LogP contribution is -2.31. The Hall–Kier alpha value is -0.200. The zero-order valence-electron chi connectivity index (χ0n) is 9.91. The minimum atomic E-state index is -0.176. The summed E-state index contributed by atoms with van der Waals surface area (Å²) in [6.07, 6.45) is 0. The molecule has 5 nitrogen and oxygen atoms in total. The van der Waals surface area contributed by atoms with E-state index in [4.69, 9.17) is 19.4 Å². The van der Waals surface area contributed by atoms with Crippen LogP contribution in [0, 0.1) is 0 Å². The molecule has 15 heavy (non-hydrogen) atoms. The van der Waals surface area contributed by atoms with Gasteiger partial charge in [-0.25, -0.2) is 0 Å². The Balaban J connectivity index is 2.99. The van der Waals surface area contributed by atoms with Crippen LogP contribution in [0.15, 0.2) is 0 Å². The van der Waals surface area contributed by atoms with Crippen molar-refractivity contribution in [1.82, 2.24) is 5.48 Å². The standard InChI is InChI=1S/C10H23NO4/c1-10(2,3)15-11-4-6-13-8-9-14-7-5-12/h11-12H,4-9H2,1-3H3. The Morgan fingerprint density at radius 2 is 1.60 bits per heavy atom. The molecule has 0 radical (unpaired) electrons. The molecule has 5 heteroatoms. The number of nitrogens with one attached hydrogen (secondary N) is 1. The molecule has 0 aliphatic rings. The van der Waals surface area contributed by atoms with E-state index in [1.807, 2.05) is 20.8 Å². The lowest BCUT2D eigenvalue weighted by atomic mass is 10.2. The second-order valence-electron chi connectivity index (χ2n) is 4.06. The van der Waals surface area contributed by atoms with E-state index in [9.17, 15) is 0 Å². The van der Waals surface area contributed by atoms with Crippen molar-refractivity contribution in [3.05, 3.63) is 0 Å². The molecule has 0 bridgehead atoms. The van der Waals surface area contributed by atoms with Crippen LogP contribution in [0.2, 0.25) is 0 Å². The van der Waals surface area contributed by atoms with Crippen molar-refractivity contribution in [2.45, 2.75) is 26.4 Å². The minimum Gasteiger partial charge on any atom is -0.394 e. The lowest BCUT2D eigenvalue weighted by molar-refractivity contribution is -0.0802. The molecule has 0 saturated heterocycles. The number of hydrogen-bond donors (Lipinski definition) is 2. The van der Waals surface area contributed by atoms with E-state index in [-0.39, 0.29) is 12.2 Å². The van der Waals surface area contributed by atoms with Crippen LogP contribution in [0.4, 0.5) is 0 Å². The predicted octanol–water partition coefficient (Wildman–Crippen LogP) is 0.332. The normalized spacial score (nSPS) is 12.0. The van der Waals surface area contributed by atoms with Gasteiger partial charge >= 0.3 is 0 Å². The monoisotopic (exact) mass is 221 g/mol. The van der Waals surface area contributed by atoms with Crippen molar-refractivity contribution in [3.63, 3.8) is 0 Å². The first-order chi connectivity index (χ1) is 7.06. The van der Waals surface area contributed by atoms with Crippen molar-refractivity contribution in [1.29, 1.82) is 0 Å². The summed E-state index contributed by atoms with van der Waals surface area (Å²) in [4.78, 5) is 5.28. The van der Waals surface area contributed by atoms with Crippen LogP contribution in [0.1, 0.15) is 20.8 Å². The summed E-state index contributed by atoms with van der Waals surface area (Å²) in [5, 5.41) is 8.42. The first-order valence-electron chi connectivity index (χ1n) is 5.23. The largest absolute Gasteiger partial charge is 0.394 e. The molecule has 0 aromatic rings. The van der Waals surface area contributed by atoms with E-state index < -0.39 is 0 Å². The summed E-state index contributed by atoms with van der Waals surface area (Å²) >= 11 is 0. The second-order valence-corrected chi connectivity index (χ2v) is 4.06.